The van der Waals surface area contributed by atoms with E-state index in [1.165, 1.54) is 12.8 Å². The number of nitrogens with zero attached hydrogens (tertiary/aromatic N) is 2. The minimum Gasteiger partial charge on any atom is -0.326 e. The number of benzene rings is 2. The molecule has 10 nitrogen and oxygen atoms in total. The predicted octanol–water partition coefficient (Wildman–Crippen LogP) is 7.06. The summed E-state index contributed by atoms with van der Waals surface area (Å²) in [5.41, 5.74) is 9.63. The summed E-state index contributed by atoms with van der Waals surface area (Å²) in [5.74, 6) is -0.0722. The Hall–Kier alpha value is -4.34. The minimum atomic E-state index is -0.187. The van der Waals surface area contributed by atoms with Gasteiger partial charge < -0.3 is 10.6 Å². The zero-order valence-corrected chi connectivity index (χ0v) is 27.9. The fourth-order valence-electron chi connectivity index (χ4n) is 6.14. The average molecular weight is 643 g/mol. The molecule has 4 amide bonds. The van der Waals surface area contributed by atoms with Gasteiger partial charge in [-0.15, -0.1) is 0 Å². The normalized spacial score (nSPS) is 16.3. The van der Waals surface area contributed by atoms with Crippen molar-refractivity contribution in [1.82, 2.24) is 10.9 Å². The molecule has 4 rings (SSSR count). The van der Waals surface area contributed by atoms with Crippen LogP contribution in [0.4, 0.5) is 11.4 Å². The first-order valence-electron chi connectivity index (χ1n) is 17.3. The van der Waals surface area contributed by atoms with Gasteiger partial charge in [-0.1, -0.05) is 69.2 Å². The summed E-state index contributed by atoms with van der Waals surface area (Å²) < 4.78 is 0. The Labute approximate surface area is 278 Å². The second kappa shape index (κ2) is 18.7. The summed E-state index contributed by atoms with van der Waals surface area (Å²) >= 11 is 0. The van der Waals surface area contributed by atoms with Gasteiger partial charge in [0.25, 0.3) is 0 Å². The second-order valence-corrected chi connectivity index (χ2v) is 12.8. The Morgan fingerprint density at radius 2 is 1.00 bits per heavy atom. The van der Waals surface area contributed by atoms with Crippen molar-refractivity contribution in [3.8, 4) is 0 Å². The maximum atomic E-state index is 12.6. The molecule has 0 spiro atoms. The van der Waals surface area contributed by atoms with Crippen molar-refractivity contribution in [2.24, 2.45) is 22.0 Å². The van der Waals surface area contributed by atoms with E-state index in [4.69, 9.17) is 0 Å². The third-order valence-corrected chi connectivity index (χ3v) is 9.05. The molecule has 252 valence electrons. The van der Waals surface area contributed by atoms with E-state index in [0.717, 1.165) is 80.3 Å². The van der Waals surface area contributed by atoms with Crippen molar-refractivity contribution in [2.45, 2.75) is 110 Å². The van der Waals surface area contributed by atoms with Crippen molar-refractivity contribution in [3.05, 3.63) is 59.7 Å². The number of amides is 4. The van der Waals surface area contributed by atoms with E-state index in [-0.39, 0.29) is 35.5 Å². The Kier molecular flexibility index (Phi) is 14.1. The van der Waals surface area contributed by atoms with Gasteiger partial charge in [0.15, 0.2) is 0 Å². The third-order valence-electron chi connectivity index (χ3n) is 9.05. The number of rotatable bonds is 14. The number of hydrogen-bond donors (Lipinski definition) is 4. The van der Waals surface area contributed by atoms with E-state index < -0.39 is 0 Å². The van der Waals surface area contributed by atoms with Gasteiger partial charge in [0.1, 0.15) is 0 Å². The number of carbonyl (C=O) groups is 4. The van der Waals surface area contributed by atoms with Crippen LogP contribution in [-0.4, -0.2) is 35.1 Å². The molecule has 0 heterocycles. The SMILES string of the molecule is CC(=NNC(=O)CCCCCC(=O)NN=C(C)c1cccc(NC(=O)C2CCCCC2)c1)c1cccc(NC(=O)C2CCCCC2)c1. The first kappa shape index (κ1) is 35.5. The quantitative estimate of drug-likeness (QED) is 0.0995. The molecular weight excluding hydrogens is 592 g/mol. The molecule has 2 aliphatic carbocycles. The van der Waals surface area contributed by atoms with Crippen molar-refractivity contribution in [2.75, 3.05) is 10.6 Å². The Balaban J connectivity index is 1.11. The first-order chi connectivity index (χ1) is 22.8. The largest absolute Gasteiger partial charge is 0.326 e. The monoisotopic (exact) mass is 642 g/mol. The van der Waals surface area contributed by atoms with Crippen molar-refractivity contribution in [1.29, 1.82) is 0 Å². The lowest BCUT2D eigenvalue weighted by molar-refractivity contribution is -0.122. The van der Waals surface area contributed by atoms with Crippen LogP contribution in [0.15, 0.2) is 58.7 Å². The highest BCUT2D eigenvalue weighted by Crippen LogP contribution is 2.26. The fourth-order valence-corrected chi connectivity index (χ4v) is 6.14. The topological polar surface area (TPSA) is 141 Å². The molecule has 0 aromatic heterocycles. The molecule has 2 fully saturated rings. The average Bonchev–Trinajstić information content (AvgIpc) is 3.10. The smallest absolute Gasteiger partial charge is 0.240 e. The number of hydrazone groups is 2. The molecule has 0 bridgehead atoms. The molecule has 4 N–H and O–H groups in total. The van der Waals surface area contributed by atoms with Gasteiger partial charge in [-0.3, -0.25) is 19.2 Å². The molecule has 0 saturated heterocycles. The summed E-state index contributed by atoms with van der Waals surface area (Å²) in [4.78, 5) is 49.9. The number of nitrogens with one attached hydrogen (secondary N) is 4. The number of anilines is 2. The Bertz CT molecular complexity index is 1330. The van der Waals surface area contributed by atoms with Crippen LogP contribution in [0.1, 0.15) is 121 Å². The summed E-state index contributed by atoms with van der Waals surface area (Å²) in [7, 11) is 0. The van der Waals surface area contributed by atoms with Crippen LogP contribution in [0.3, 0.4) is 0 Å². The molecule has 0 radical (unpaired) electrons. The number of hydrogen-bond acceptors (Lipinski definition) is 6. The van der Waals surface area contributed by atoms with E-state index in [9.17, 15) is 19.2 Å². The van der Waals surface area contributed by atoms with Crippen LogP contribution in [0.2, 0.25) is 0 Å². The van der Waals surface area contributed by atoms with Crippen LogP contribution in [0, 0.1) is 11.8 Å². The number of carbonyl (C=O) groups excluding carboxylic acids is 4. The van der Waals surface area contributed by atoms with Crippen molar-refractivity contribution >= 4 is 46.4 Å². The zero-order valence-electron chi connectivity index (χ0n) is 27.9. The lowest BCUT2D eigenvalue weighted by atomic mass is 9.88. The summed E-state index contributed by atoms with van der Waals surface area (Å²) in [6.07, 6.45) is 13.2. The van der Waals surface area contributed by atoms with Crippen molar-refractivity contribution in [3.63, 3.8) is 0 Å². The highest BCUT2D eigenvalue weighted by Gasteiger charge is 2.22. The molecule has 0 unspecified atom stereocenters. The fraction of sp³-hybridized carbons (Fsp3) is 0.514. The molecule has 0 aliphatic heterocycles. The standard InChI is InChI=1S/C37H50N6O4/c1-26(30-18-12-20-32(24-30)38-36(46)28-14-6-3-7-15-28)40-42-34(44)22-10-5-11-23-35(45)43-41-27(2)31-19-13-21-33(25-31)39-37(47)29-16-8-4-9-17-29/h12-13,18-21,24-25,28-29H,3-11,14-17,22-23H2,1-2H3,(H,38,46)(H,39,47)(H,42,44)(H,43,45). The van der Waals surface area contributed by atoms with E-state index in [2.05, 4.69) is 31.7 Å². The lowest BCUT2D eigenvalue weighted by Gasteiger charge is -2.20. The van der Waals surface area contributed by atoms with Crippen LogP contribution < -0.4 is 21.5 Å². The molecule has 2 saturated carbocycles. The Morgan fingerprint density at radius 1 is 0.596 bits per heavy atom. The predicted molar refractivity (Wildman–Crippen MR) is 187 cm³/mol. The van der Waals surface area contributed by atoms with Gasteiger partial charge in [-0.2, -0.15) is 10.2 Å². The molecular formula is C37H50N6O4. The van der Waals surface area contributed by atoms with Gasteiger partial charge in [0.2, 0.25) is 23.6 Å². The van der Waals surface area contributed by atoms with Crippen LogP contribution in [0.5, 0.6) is 0 Å². The van der Waals surface area contributed by atoms with E-state index in [0.29, 0.717) is 37.1 Å². The highest BCUT2D eigenvalue weighted by atomic mass is 16.2. The van der Waals surface area contributed by atoms with Gasteiger partial charge in [-0.25, -0.2) is 10.9 Å². The first-order valence-corrected chi connectivity index (χ1v) is 17.3. The van der Waals surface area contributed by atoms with Crippen LogP contribution in [-0.2, 0) is 19.2 Å². The third kappa shape index (κ3) is 12.1. The van der Waals surface area contributed by atoms with Crippen LogP contribution >= 0.6 is 0 Å². The van der Waals surface area contributed by atoms with Gasteiger partial charge in [0, 0.05) is 36.1 Å². The van der Waals surface area contributed by atoms with Crippen LogP contribution in [0.25, 0.3) is 0 Å². The zero-order chi connectivity index (χ0) is 33.4. The molecule has 2 aliphatic rings. The van der Waals surface area contributed by atoms with E-state index in [1.807, 2.05) is 62.4 Å². The van der Waals surface area contributed by atoms with Gasteiger partial charge >= 0.3 is 0 Å². The maximum Gasteiger partial charge on any atom is 0.240 e. The van der Waals surface area contributed by atoms with E-state index in [1.54, 1.807) is 0 Å². The molecule has 10 heteroatoms. The molecule has 0 atom stereocenters. The molecule has 47 heavy (non-hydrogen) atoms. The summed E-state index contributed by atoms with van der Waals surface area (Å²) in [6.45, 7) is 3.63. The summed E-state index contributed by atoms with van der Waals surface area (Å²) in [5, 5.41) is 14.5. The Morgan fingerprint density at radius 3 is 1.40 bits per heavy atom. The summed E-state index contributed by atoms with van der Waals surface area (Å²) in [6, 6.07) is 15.0. The second-order valence-electron chi connectivity index (χ2n) is 12.8. The van der Waals surface area contributed by atoms with Gasteiger partial charge in [0.05, 0.1) is 11.4 Å². The van der Waals surface area contributed by atoms with E-state index >= 15 is 0 Å². The molecule has 2 aromatic carbocycles. The molecule has 2 aromatic rings. The van der Waals surface area contributed by atoms with Gasteiger partial charge in [-0.05, 0) is 87.8 Å². The number of unbranched alkanes of at least 4 members (excludes halogenated alkanes) is 2. The maximum absolute atomic E-state index is 12.6. The minimum absolute atomic E-state index is 0.0724. The van der Waals surface area contributed by atoms with Crippen molar-refractivity contribution < 1.29 is 19.2 Å². The lowest BCUT2D eigenvalue weighted by Crippen LogP contribution is -2.24. The highest BCUT2D eigenvalue weighted by molar-refractivity contribution is 6.02.